The van der Waals surface area contributed by atoms with E-state index in [1.807, 2.05) is 13.8 Å². The fourth-order valence-electron chi connectivity index (χ4n) is 4.04. The van der Waals surface area contributed by atoms with E-state index in [-0.39, 0.29) is 41.6 Å². The van der Waals surface area contributed by atoms with Crippen LogP contribution in [0.4, 0.5) is 0 Å². The molecule has 0 aromatic heterocycles. The number of hydrogen-bond acceptors (Lipinski definition) is 5. The number of fused-ring (bicyclic) bond motifs is 3. The Morgan fingerprint density at radius 2 is 2.16 bits per heavy atom. The third kappa shape index (κ3) is 3.39. The lowest BCUT2D eigenvalue weighted by molar-refractivity contribution is -0.149. The fourth-order valence-corrected chi connectivity index (χ4v) is 4.04. The normalized spacial score (nSPS) is 43.2. The third-order valence-corrected chi connectivity index (χ3v) is 5.92. The van der Waals surface area contributed by atoms with Crippen LogP contribution < -0.4 is 0 Å². The van der Waals surface area contributed by atoms with E-state index < -0.39 is 6.10 Å². The minimum atomic E-state index is -0.392. The molecular formula is C20H28O5. The monoisotopic (exact) mass is 348 g/mol. The lowest BCUT2D eigenvalue weighted by Crippen LogP contribution is -2.40. The number of ether oxygens (including phenoxy) is 3. The van der Waals surface area contributed by atoms with Crippen molar-refractivity contribution in [1.82, 2.24) is 0 Å². The first-order chi connectivity index (χ1) is 11.8. The van der Waals surface area contributed by atoms with Crippen molar-refractivity contribution in [1.29, 1.82) is 0 Å². The zero-order valence-electron chi connectivity index (χ0n) is 15.7. The maximum atomic E-state index is 12.4. The van der Waals surface area contributed by atoms with Crippen molar-refractivity contribution in [3.05, 3.63) is 23.3 Å². The Balaban J connectivity index is 1.93. The van der Waals surface area contributed by atoms with Gasteiger partial charge >= 0.3 is 11.9 Å². The van der Waals surface area contributed by atoms with Crippen molar-refractivity contribution in [2.75, 3.05) is 0 Å². The van der Waals surface area contributed by atoms with E-state index in [1.165, 1.54) is 5.57 Å². The Bertz CT molecular complexity index is 634. The quantitative estimate of drug-likeness (QED) is 0.331. The van der Waals surface area contributed by atoms with Gasteiger partial charge in [-0.3, -0.25) is 4.79 Å². The van der Waals surface area contributed by atoms with E-state index in [2.05, 4.69) is 19.9 Å². The Kier molecular flexibility index (Phi) is 4.80. The van der Waals surface area contributed by atoms with Gasteiger partial charge in [0.15, 0.2) is 0 Å². The number of carbonyl (C=O) groups is 2. The highest BCUT2D eigenvalue weighted by Crippen LogP contribution is 2.50. The number of allylic oxidation sites excluding steroid dienone is 2. The molecule has 5 heteroatoms. The molecule has 0 aromatic rings. The summed E-state index contributed by atoms with van der Waals surface area (Å²) in [5.74, 6) is -1.05. The van der Waals surface area contributed by atoms with Crippen molar-refractivity contribution in [3.8, 4) is 0 Å². The van der Waals surface area contributed by atoms with E-state index >= 15 is 0 Å². The molecule has 2 aliphatic heterocycles. The van der Waals surface area contributed by atoms with Crippen LogP contribution in [0.25, 0.3) is 0 Å². The third-order valence-electron chi connectivity index (χ3n) is 5.92. The summed E-state index contributed by atoms with van der Waals surface area (Å²) in [5, 5.41) is 0. The van der Waals surface area contributed by atoms with Crippen LogP contribution in [0.3, 0.4) is 0 Å². The van der Waals surface area contributed by atoms with Gasteiger partial charge in [-0.1, -0.05) is 24.6 Å². The molecule has 0 amide bonds. The molecule has 3 rings (SSSR count). The van der Waals surface area contributed by atoms with Gasteiger partial charge in [0, 0.05) is 17.9 Å². The summed E-state index contributed by atoms with van der Waals surface area (Å²) >= 11 is 0. The zero-order valence-corrected chi connectivity index (χ0v) is 15.7. The summed E-state index contributed by atoms with van der Waals surface area (Å²) in [6.45, 7) is 9.54. The molecule has 3 aliphatic rings. The number of epoxide rings is 1. The van der Waals surface area contributed by atoms with Gasteiger partial charge in [-0.2, -0.15) is 0 Å². The molecule has 0 saturated carbocycles. The smallest absolute Gasteiger partial charge is 0.333 e. The molecule has 138 valence electrons. The first kappa shape index (κ1) is 18.2. The summed E-state index contributed by atoms with van der Waals surface area (Å²) in [6.07, 6.45) is 5.52. The van der Waals surface area contributed by atoms with E-state index in [4.69, 9.17) is 14.2 Å². The zero-order chi connectivity index (χ0) is 18.4. The van der Waals surface area contributed by atoms with Crippen LogP contribution in [0.15, 0.2) is 23.3 Å². The van der Waals surface area contributed by atoms with E-state index in [1.54, 1.807) is 13.0 Å². The number of esters is 2. The predicted molar refractivity (Wildman–Crippen MR) is 92.7 cm³/mol. The highest BCUT2D eigenvalue weighted by atomic mass is 16.6. The average Bonchev–Trinajstić information content (AvgIpc) is 3.13. The molecule has 0 unspecified atom stereocenters. The summed E-state index contributed by atoms with van der Waals surface area (Å²) < 4.78 is 17.5. The molecule has 2 fully saturated rings. The number of hydrogen-bond donors (Lipinski definition) is 0. The highest BCUT2D eigenvalue weighted by Gasteiger charge is 2.64. The standard InChI is InChI=1S/C20H28O5/c1-6-12(3)18(21)23-14-10-11(2)8-7-9-20(5)17(25-20)16-15(14)13(4)19(22)24-16/h6,8,13-17H,7,9-10H2,1-5H3/b11-8+,12-6+/t13-,14-,15+,16-,17+,20+/m0/s1. The molecular weight excluding hydrogens is 320 g/mol. The van der Waals surface area contributed by atoms with Gasteiger partial charge in [-0.15, -0.1) is 0 Å². The number of carbonyl (C=O) groups excluding carboxylic acids is 2. The lowest BCUT2D eigenvalue weighted by atomic mass is 9.79. The minimum absolute atomic E-state index is 0.109. The molecule has 2 heterocycles. The maximum Gasteiger partial charge on any atom is 0.333 e. The molecule has 0 spiro atoms. The van der Waals surface area contributed by atoms with Gasteiger partial charge in [0.1, 0.15) is 18.3 Å². The number of rotatable bonds is 2. The van der Waals surface area contributed by atoms with Crippen molar-refractivity contribution < 1.29 is 23.8 Å². The Morgan fingerprint density at radius 1 is 1.44 bits per heavy atom. The first-order valence-corrected chi connectivity index (χ1v) is 9.14. The molecule has 0 radical (unpaired) electrons. The summed E-state index contributed by atoms with van der Waals surface area (Å²) in [7, 11) is 0. The largest absolute Gasteiger partial charge is 0.459 e. The first-order valence-electron chi connectivity index (χ1n) is 9.14. The van der Waals surface area contributed by atoms with Crippen molar-refractivity contribution in [2.24, 2.45) is 11.8 Å². The van der Waals surface area contributed by atoms with Crippen molar-refractivity contribution in [3.63, 3.8) is 0 Å². The molecule has 25 heavy (non-hydrogen) atoms. The van der Waals surface area contributed by atoms with Crippen LogP contribution in [0, 0.1) is 11.8 Å². The van der Waals surface area contributed by atoms with Gasteiger partial charge < -0.3 is 14.2 Å². The molecule has 1 aliphatic carbocycles. The summed E-state index contributed by atoms with van der Waals surface area (Å²) in [4.78, 5) is 24.6. The molecule has 0 N–H and O–H groups in total. The van der Waals surface area contributed by atoms with E-state index in [0.29, 0.717) is 12.0 Å². The van der Waals surface area contributed by atoms with Crippen LogP contribution in [-0.4, -0.2) is 35.9 Å². The Morgan fingerprint density at radius 3 is 2.84 bits per heavy atom. The second kappa shape index (κ2) is 6.60. The lowest BCUT2D eigenvalue weighted by Gasteiger charge is -2.29. The van der Waals surface area contributed by atoms with Gasteiger partial charge in [-0.05, 0) is 40.5 Å². The van der Waals surface area contributed by atoms with Crippen LogP contribution >= 0.6 is 0 Å². The van der Waals surface area contributed by atoms with Crippen molar-refractivity contribution in [2.45, 2.75) is 77.8 Å². The fraction of sp³-hybridized carbons (Fsp3) is 0.700. The molecule has 0 aromatic carbocycles. The average molecular weight is 348 g/mol. The predicted octanol–water partition coefficient (Wildman–Crippen LogP) is 3.33. The maximum absolute atomic E-state index is 12.4. The molecule has 5 nitrogen and oxygen atoms in total. The van der Waals surface area contributed by atoms with E-state index in [0.717, 1.165) is 12.8 Å². The van der Waals surface area contributed by atoms with Crippen LogP contribution in [0.1, 0.15) is 53.9 Å². The molecule has 6 atom stereocenters. The topological polar surface area (TPSA) is 65.1 Å². The second-order valence-electron chi connectivity index (χ2n) is 7.83. The highest BCUT2D eigenvalue weighted by molar-refractivity contribution is 5.87. The van der Waals surface area contributed by atoms with Crippen LogP contribution in [0.5, 0.6) is 0 Å². The SMILES string of the molecule is C/C=C(\C)C(=O)O[C@H]1C/C(C)=C/CC[C@@]2(C)O[C@@H]2[C@H]2OC(=O)[C@@H](C)[C@@H]21. The summed E-state index contributed by atoms with van der Waals surface area (Å²) in [5.41, 5.74) is 1.49. The van der Waals surface area contributed by atoms with Crippen LogP contribution in [-0.2, 0) is 23.8 Å². The molecule has 0 bridgehead atoms. The Hall–Kier alpha value is -1.62. The second-order valence-corrected chi connectivity index (χ2v) is 7.83. The van der Waals surface area contributed by atoms with Gasteiger partial charge in [-0.25, -0.2) is 4.79 Å². The van der Waals surface area contributed by atoms with E-state index in [9.17, 15) is 9.59 Å². The molecule has 2 saturated heterocycles. The van der Waals surface area contributed by atoms with Gasteiger partial charge in [0.2, 0.25) is 0 Å². The summed E-state index contributed by atoms with van der Waals surface area (Å²) in [6, 6.07) is 0. The van der Waals surface area contributed by atoms with Crippen LogP contribution in [0.2, 0.25) is 0 Å². The Labute approximate surface area is 149 Å². The van der Waals surface area contributed by atoms with Gasteiger partial charge in [0.25, 0.3) is 0 Å². The van der Waals surface area contributed by atoms with Crippen molar-refractivity contribution >= 4 is 11.9 Å². The minimum Gasteiger partial charge on any atom is -0.459 e. The van der Waals surface area contributed by atoms with Gasteiger partial charge in [0.05, 0.1) is 11.5 Å².